The van der Waals surface area contributed by atoms with Crippen molar-refractivity contribution in [3.05, 3.63) is 20.2 Å². The average molecular weight is 271 g/mol. The van der Waals surface area contributed by atoms with Gasteiger partial charge in [0.2, 0.25) is 0 Å². The Hall–Kier alpha value is 0.690. The summed E-state index contributed by atoms with van der Waals surface area (Å²) in [6, 6.07) is 0. The van der Waals surface area contributed by atoms with Crippen molar-refractivity contribution >= 4 is 38.5 Å². The minimum atomic E-state index is 1.08. The van der Waals surface area contributed by atoms with Gasteiger partial charge in [0.1, 0.15) is 0 Å². The lowest BCUT2D eigenvalue weighted by Crippen LogP contribution is -1.57. The van der Waals surface area contributed by atoms with E-state index in [2.05, 4.69) is 50.7 Å². The molecule has 0 unspecified atom stereocenters. The third-order valence-corrected chi connectivity index (χ3v) is 3.32. The van der Waals surface area contributed by atoms with E-state index in [-0.39, 0.29) is 0 Å². The highest BCUT2D eigenvalue weighted by Crippen LogP contribution is 2.28. The van der Waals surface area contributed by atoms with Crippen molar-refractivity contribution < 1.29 is 0 Å². The zero-order chi connectivity index (χ0) is 5.28. The zero-order valence-electron chi connectivity index (χ0n) is 3.62. The predicted octanol–water partition coefficient (Wildman–Crippen LogP) is 2.99. The normalized spacial score (nSPS) is 19.1. The van der Waals surface area contributed by atoms with Crippen molar-refractivity contribution in [3.8, 4) is 0 Å². The molecule has 0 atom stereocenters. The lowest BCUT2D eigenvalue weighted by molar-refractivity contribution is 1.43. The fraction of sp³-hybridized carbons (Fsp3) is 0.200. The van der Waals surface area contributed by atoms with Crippen molar-refractivity contribution in [2.24, 2.45) is 0 Å². The summed E-state index contributed by atoms with van der Waals surface area (Å²) < 4.78 is 2.64. The Morgan fingerprint density at radius 3 is 2.57 bits per heavy atom. The van der Waals surface area contributed by atoms with E-state index >= 15 is 0 Å². The van der Waals surface area contributed by atoms with Gasteiger partial charge in [-0.05, 0) is 29.0 Å². The van der Waals surface area contributed by atoms with Gasteiger partial charge < -0.3 is 0 Å². The van der Waals surface area contributed by atoms with Gasteiger partial charge in [-0.25, -0.2) is 0 Å². The van der Waals surface area contributed by atoms with Crippen LogP contribution in [-0.2, 0) is 0 Å². The molecule has 2 heteroatoms. The highest BCUT2D eigenvalue weighted by atomic mass is 127. The van der Waals surface area contributed by atoms with E-state index in [9.17, 15) is 0 Å². The molecule has 0 aromatic carbocycles. The van der Waals surface area contributed by atoms with Crippen molar-refractivity contribution in [2.75, 3.05) is 0 Å². The first-order chi connectivity index (χ1) is 3.30. The minimum Gasteiger partial charge on any atom is -0.0785 e. The monoisotopic (exact) mass is 270 g/mol. The summed E-state index contributed by atoms with van der Waals surface area (Å²) in [6.07, 6.45) is 5.34. The Kier molecular flexibility index (Phi) is 1.92. The molecule has 0 N–H and O–H groups in total. The van der Waals surface area contributed by atoms with Gasteiger partial charge in [-0.15, -0.1) is 0 Å². The molecule has 1 rings (SSSR count). The van der Waals surface area contributed by atoms with Crippen LogP contribution in [0.2, 0.25) is 0 Å². The largest absolute Gasteiger partial charge is 0.0785 e. The Bertz CT molecular complexity index is 135. The molecule has 0 aromatic heterocycles. The van der Waals surface area contributed by atoms with E-state index in [1.807, 2.05) is 0 Å². The summed E-state index contributed by atoms with van der Waals surface area (Å²) in [5, 5.41) is 0. The van der Waals surface area contributed by atoms with Crippen molar-refractivity contribution in [1.82, 2.24) is 0 Å². The Morgan fingerprint density at radius 2 is 2.43 bits per heavy atom. The molecule has 0 nitrogen and oxygen atoms in total. The molecular weight excluding hydrogens is 267 g/mol. The lowest BCUT2D eigenvalue weighted by Gasteiger charge is -1.83. The third kappa shape index (κ3) is 1.29. The topological polar surface area (TPSA) is 0 Å². The number of hydrogen-bond acceptors (Lipinski definition) is 0. The van der Waals surface area contributed by atoms with Crippen LogP contribution in [0.3, 0.4) is 0 Å². The molecule has 1 aliphatic rings. The SMILES string of the molecule is BrC1=C(I)C=CC1. The van der Waals surface area contributed by atoms with Crippen molar-refractivity contribution in [3.63, 3.8) is 0 Å². The van der Waals surface area contributed by atoms with E-state index < -0.39 is 0 Å². The van der Waals surface area contributed by atoms with Crippen LogP contribution in [-0.4, -0.2) is 0 Å². The van der Waals surface area contributed by atoms with Crippen LogP contribution in [0.1, 0.15) is 6.42 Å². The van der Waals surface area contributed by atoms with E-state index in [1.54, 1.807) is 0 Å². The van der Waals surface area contributed by atoms with Crippen LogP contribution in [0, 0.1) is 0 Å². The summed E-state index contributed by atoms with van der Waals surface area (Å²) in [5.41, 5.74) is 0. The predicted molar refractivity (Wildman–Crippen MR) is 43.7 cm³/mol. The van der Waals surface area contributed by atoms with E-state index in [4.69, 9.17) is 0 Å². The fourth-order valence-electron chi connectivity index (χ4n) is 0.454. The van der Waals surface area contributed by atoms with Crippen molar-refractivity contribution in [2.45, 2.75) is 6.42 Å². The molecule has 0 radical (unpaired) electrons. The van der Waals surface area contributed by atoms with Crippen LogP contribution < -0.4 is 0 Å². The molecule has 0 aromatic rings. The number of halogens is 2. The van der Waals surface area contributed by atoms with Crippen LogP contribution in [0.15, 0.2) is 20.2 Å². The molecule has 0 heterocycles. The molecule has 0 amide bonds. The first kappa shape index (κ1) is 5.82. The Morgan fingerprint density at radius 1 is 1.71 bits per heavy atom. The molecule has 1 aliphatic carbocycles. The lowest BCUT2D eigenvalue weighted by atomic mass is 10.5. The van der Waals surface area contributed by atoms with Crippen LogP contribution in [0.25, 0.3) is 0 Å². The van der Waals surface area contributed by atoms with Crippen LogP contribution in [0.4, 0.5) is 0 Å². The van der Waals surface area contributed by atoms with Gasteiger partial charge >= 0.3 is 0 Å². The first-order valence-corrected chi connectivity index (χ1v) is 3.88. The first-order valence-electron chi connectivity index (χ1n) is 2.01. The maximum atomic E-state index is 3.41. The summed E-state index contributed by atoms with van der Waals surface area (Å²) in [5.74, 6) is 0. The summed E-state index contributed by atoms with van der Waals surface area (Å²) >= 11 is 5.72. The Labute approximate surface area is 64.9 Å². The second-order valence-electron chi connectivity index (χ2n) is 1.36. The van der Waals surface area contributed by atoms with Gasteiger partial charge in [0.25, 0.3) is 0 Å². The molecule has 0 aliphatic heterocycles. The van der Waals surface area contributed by atoms with Crippen LogP contribution in [0.5, 0.6) is 0 Å². The third-order valence-electron chi connectivity index (χ3n) is 0.820. The minimum absolute atomic E-state index is 1.08. The van der Waals surface area contributed by atoms with Crippen molar-refractivity contribution in [1.29, 1.82) is 0 Å². The molecule has 0 bridgehead atoms. The quantitative estimate of drug-likeness (QED) is 0.594. The van der Waals surface area contributed by atoms with Gasteiger partial charge in [0, 0.05) is 8.06 Å². The van der Waals surface area contributed by atoms with Gasteiger partial charge in [-0.2, -0.15) is 0 Å². The second kappa shape index (κ2) is 2.31. The summed E-state index contributed by atoms with van der Waals surface area (Å²) in [6.45, 7) is 0. The van der Waals surface area contributed by atoms with E-state index in [0.29, 0.717) is 0 Å². The number of rotatable bonds is 0. The second-order valence-corrected chi connectivity index (χ2v) is 3.48. The van der Waals surface area contributed by atoms with Crippen LogP contribution >= 0.6 is 38.5 Å². The number of hydrogen-bond donors (Lipinski definition) is 0. The standard InChI is InChI=1S/C5H4BrI/c6-4-2-1-3-5(4)7/h1,3H,2H2. The van der Waals surface area contributed by atoms with E-state index in [0.717, 1.165) is 6.42 Å². The van der Waals surface area contributed by atoms with E-state index in [1.165, 1.54) is 8.06 Å². The van der Waals surface area contributed by atoms with Gasteiger partial charge in [-0.3, -0.25) is 0 Å². The highest BCUT2D eigenvalue weighted by Gasteiger charge is 1.99. The maximum absolute atomic E-state index is 3.41. The van der Waals surface area contributed by atoms with Gasteiger partial charge in [0.15, 0.2) is 0 Å². The summed E-state index contributed by atoms with van der Waals surface area (Å²) in [4.78, 5) is 0. The molecule has 7 heavy (non-hydrogen) atoms. The molecule has 38 valence electrons. The molecular formula is C5H4BrI. The maximum Gasteiger partial charge on any atom is 0.0231 e. The average Bonchev–Trinajstić information content (AvgIpc) is 1.91. The van der Waals surface area contributed by atoms with Gasteiger partial charge in [-0.1, -0.05) is 28.1 Å². The molecule has 0 spiro atoms. The highest BCUT2D eigenvalue weighted by molar-refractivity contribution is 14.1. The zero-order valence-corrected chi connectivity index (χ0v) is 7.36. The molecule has 0 saturated heterocycles. The fourth-order valence-corrected chi connectivity index (χ4v) is 1.25. The smallest absolute Gasteiger partial charge is 0.0231 e. The Balaban J connectivity index is 2.79. The summed E-state index contributed by atoms with van der Waals surface area (Å²) in [7, 11) is 0. The molecule has 0 fully saturated rings. The number of allylic oxidation sites excluding steroid dienone is 4. The molecule has 0 saturated carbocycles. The van der Waals surface area contributed by atoms with Gasteiger partial charge in [0.05, 0.1) is 0 Å².